The molecule has 0 aromatic heterocycles. The van der Waals surface area contributed by atoms with Crippen LogP contribution in [-0.4, -0.2) is 22.2 Å². The zero-order chi connectivity index (χ0) is 10.7. The number of carboxylic acid groups (broad SMARTS) is 2. The summed E-state index contributed by atoms with van der Waals surface area (Å²) in [5.41, 5.74) is 0. The molecule has 2 N–H and O–H groups in total. The van der Waals surface area contributed by atoms with Crippen LogP contribution in [0, 0.1) is 11.8 Å². The summed E-state index contributed by atoms with van der Waals surface area (Å²) >= 11 is 0. The highest BCUT2D eigenvalue weighted by Gasteiger charge is 1.85. The fraction of sp³-hybridized carbons (Fsp3) is 0.333. The van der Waals surface area contributed by atoms with Gasteiger partial charge in [-0.1, -0.05) is 12.0 Å². The first-order valence-electron chi connectivity index (χ1n) is 3.48. The summed E-state index contributed by atoms with van der Waals surface area (Å²) in [4.78, 5) is 19.2. The van der Waals surface area contributed by atoms with Crippen LogP contribution >= 0.6 is 0 Å². The van der Waals surface area contributed by atoms with Crippen molar-refractivity contribution in [3.05, 3.63) is 12.7 Å². The molecule has 0 rings (SSSR count). The second-order valence-electron chi connectivity index (χ2n) is 1.88. The molecule has 4 nitrogen and oxygen atoms in total. The van der Waals surface area contributed by atoms with E-state index in [9.17, 15) is 9.59 Å². The van der Waals surface area contributed by atoms with Crippen molar-refractivity contribution in [2.24, 2.45) is 0 Å². The van der Waals surface area contributed by atoms with Gasteiger partial charge >= 0.3 is 11.9 Å². The van der Waals surface area contributed by atoms with Crippen molar-refractivity contribution < 1.29 is 19.8 Å². The van der Waals surface area contributed by atoms with Gasteiger partial charge in [0.05, 0.1) is 6.42 Å². The Morgan fingerprint density at radius 2 is 1.92 bits per heavy atom. The normalized spacial score (nSPS) is 6.85. The summed E-state index contributed by atoms with van der Waals surface area (Å²) in [7, 11) is 0. The zero-order valence-corrected chi connectivity index (χ0v) is 7.41. The van der Waals surface area contributed by atoms with Crippen LogP contribution in [0.2, 0.25) is 0 Å². The molecule has 0 aromatic rings. The molecule has 72 valence electrons. The maximum Gasteiger partial charge on any atom is 0.315 e. The van der Waals surface area contributed by atoms with Crippen LogP contribution in [0.1, 0.15) is 19.8 Å². The second kappa shape index (κ2) is 10.2. The van der Waals surface area contributed by atoms with Crippen molar-refractivity contribution in [3.63, 3.8) is 0 Å². The fourth-order valence-corrected chi connectivity index (χ4v) is 0.287. The van der Waals surface area contributed by atoms with E-state index in [0.717, 1.165) is 0 Å². The Bertz CT molecular complexity index is 232. The summed E-state index contributed by atoms with van der Waals surface area (Å²) < 4.78 is 0. The van der Waals surface area contributed by atoms with E-state index in [1.807, 2.05) is 0 Å². The highest BCUT2D eigenvalue weighted by molar-refractivity contribution is 5.69. The van der Waals surface area contributed by atoms with Gasteiger partial charge in [-0.3, -0.25) is 9.59 Å². The van der Waals surface area contributed by atoms with E-state index in [2.05, 4.69) is 18.4 Å². The number of aliphatic carboxylic acids is 2. The fourth-order valence-electron chi connectivity index (χ4n) is 0.287. The maximum atomic E-state index is 9.66. The summed E-state index contributed by atoms with van der Waals surface area (Å²) in [6.07, 6.45) is 1.36. The van der Waals surface area contributed by atoms with E-state index < -0.39 is 11.9 Å². The molecule has 0 fully saturated rings. The van der Waals surface area contributed by atoms with E-state index >= 15 is 0 Å². The number of carboxylic acids is 2. The molecule has 0 aliphatic rings. The standard InChI is InChI=1S/C5H6O2.C4H6O2/c1-2-3-4-5(6)7;1-2-3-4(5)6/h4H2,1H3,(H,6,7);2H,1,3H2,(H,5,6). The van der Waals surface area contributed by atoms with Crippen LogP contribution in [0.5, 0.6) is 0 Å². The summed E-state index contributed by atoms with van der Waals surface area (Å²) in [6, 6.07) is 0. The van der Waals surface area contributed by atoms with E-state index in [0.29, 0.717) is 0 Å². The second-order valence-corrected chi connectivity index (χ2v) is 1.88. The lowest BCUT2D eigenvalue weighted by Crippen LogP contribution is -1.89. The maximum absolute atomic E-state index is 9.66. The van der Waals surface area contributed by atoms with Gasteiger partial charge in [0.1, 0.15) is 6.42 Å². The lowest BCUT2D eigenvalue weighted by molar-refractivity contribution is -0.136. The largest absolute Gasteiger partial charge is 0.481 e. The molecule has 0 aromatic carbocycles. The first-order chi connectivity index (χ1) is 6.04. The summed E-state index contributed by atoms with van der Waals surface area (Å²) in [5.74, 6) is 3.17. The van der Waals surface area contributed by atoms with Crippen LogP contribution in [0.25, 0.3) is 0 Å². The highest BCUT2D eigenvalue weighted by atomic mass is 16.4. The third kappa shape index (κ3) is 25.3. The monoisotopic (exact) mass is 184 g/mol. The Morgan fingerprint density at radius 3 is 2.00 bits per heavy atom. The van der Waals surface area contributed by atoms with Crippen molar-refractivity contribution in [3.8, 4) is 11.8 Å². The average Bonchev–Trinajstić information content (AvgIpc) is 2.01. The van der Waals surface area contributed by atoms with Crippen molar-refractivity contribution in [1.82, 2.24) is 0 Å². The van der Waals surface area contributed by atoms with Gasteiger partial charge in [0, 0.05) is 0 Å². The van der Waals surface area contributed by atoms with Gasteiger partial charge < -0.3 is 10.2 Å². The molecule has 0 atom stereocenters. The molecule has 13 heavy (non-hydrogen) atoms. The molecule has 4 heteroatoms. The molecule has 0 amide bonds. The molecular weight excluding hydrogens is 172 g/mol. The first-order valence-corrected chi connectivity index (χ1v) is 3.48. The molecule has 0 aliphatic heterocycles. The summed E-state index contributed by atoms with van der Waals surface area (Å²) in [6.45, 7) is 4.83. The highest BCUT2D eigenvalue weighted by Crippen LogP contribution is 1.74. The van der Waals surface area contributed by atoms with Gasteiger partial charge in [0.15, 0.2) is 0 Å². The Balaban J connectivity index is 0. The van der Waals surface area contributed by atoms with Gasteiger partial charge in [-0.05, 0) is 6.92 Å². The van der Waals surface area contributed by atoms with Gasteiger partial charge in [-0.2, -0.15) is 0 Å². The van der Waals surface area contributed by atoms with Crippen LogP contribution < -0.4 is 0 Å². The summed E-state index contributed by atoms with van der Waals surface area (Å²) in [5, 5.41) is 15.8. The Labute approximate surface area is 76.9 Å². The number of carbonyl (C=O) groups is 2. The predicted octanol–water partition coefficient (Wildman–Crippen LogP) is 1.13. The number of rotatable bonds is 3. The molecule has 0 bridgehead atoms. The zero-order valence-electron chi connectivity index (χ0n) is 7.41. The van der Waals surface area contributed by atoms with Crippen LogP contribution in [0.15, 0.2) is 12.7 Å². The Kier molecular flexibility index (Phi) is 10.9. The SMILES string of the molecule is C=CCC(=O)O.CC#CCC(=O)O. The van der Waals surface area contributed by atoms with E-state index in [4.69, 9.17) is 10.2 Å². The minimum Gasteiger partial charge on any atom is -0.481 e. The lowest BCUT2D eigenvalue weighted by atomic mass is 10.4. The minimum absolute atomic E-state index is 0.0451. The molecule has 0 radical (unpaired) electrons. The molecule has 0 spiro atoms. The molecule has 0 unspecified atom stereocenters. The topological polar surface area (TPSA) is 74.6 Å². The van der Waals surface area contributed by atoms with Gasteiger partial charge in [0.25, 0.3) is 0 Å². The molecule has 0 aliphatic carbocycles. The smallest absolute Gasteiger partial charge is 0.315 e. The van der Waals surface area contributed by atoms with Gasteiger partial charge in [-0.25, -0.2) is 0 Å². The van der Waals surface area contributed by atoms with Crippen molar-refractivity contribution in [2.75, 3.05) is 0 Å². The van der Waals surface area contributed by atoms with Crippen LogP contribution in [0.4, 0.5) is 0 Å². The van der Waals surface area contributed by atoms with Crippen molar-refractivity contribution >= 4 is 11.9 Å². The number of hydrogen-bond acceptors (Lipinski definition) is 2. The van der Waals surface area contributed by atoms with Gasteiger partial charge in [-0.15, -0.1) is 12.5 Å². The number of hydrogen-bond donors (Lipinski definition) is 2. The van der Waals surface area contributed by atoms with E-state index in [1.165, 1.54) is 6.08 Å². The van der Waals surface area contributed by atoms with Crippen molar-refractivity contribution in [2.45, 2.75) is 19.8 Å². The quantitative estimate of drug-likeness (QED) is 0.509. The third-order valence-corrected chi connectivity index (χ3v) is 0.735. The molecule has 0 heterocycles. The molecular formula is C9H12O4. The van der Waals surface area contributed by atoms with E-state index in [1.54, 1.807) is 6.92 Å². The Morgan fingerprint density at radius 1 is 1.38 bits per heavy atom. The van der Waals surface area contributed by atoms with Crippen LogP contribution in [-0.2, 0) is 9.59 Å². The lowest BCUT2D eigenvalue weighted by Gasteiger charge is -1.75. The third-order valence-electron chi connectivity index (χ3n) is 0.735. The molecule has 0 saturated carbocycles. The van der Waals surface area contributed by atoms with Crippen molar-refractivity contribution in [1.29, 1.82) is 0 Å². The first kappa shape index (κ1) is 13.8. The van der Waals surface area contributed by atoms with E-state index in [-0.39, 0.29) is 12.8 Å². The van der Waals surface area contributed by atoms with Crippen LogP contribution in [0.3, 0.4) is 0 Å². The molecule has 0 saturated heterocycles. The van der Waals surface area contributed by atoms with Gasteiger partial charge in [0.2, 0.25) is 0 Å². The predicted molar refractivity (Wildman–Crippen MR) is 48.2 cm³/mol. The Hall–Kier alpha value is -1.76. The average molecular weight is 184 g/mol. The minimum atomic E-state index is -0.866.